The second kappa shape index (κ2) is 57.8. The monoisotopic (exact) mass is 1110 g/mol. The van der Waals surface area contributed by atoms with Gasteiger partial charge in [-0.2, -0.15) is 0 Å². The summed E-state index contributed by atoms with van der Waals surface area (Å²) in [5, 5.41) is 19.6. The number of rotatable bonds is 59. The number of hydrogen-bond acceptors (Lipinski definition) is 11. The molecule has 7 N–H and O–H groups in total. The van der Waals surface area contributed by atoms with Crippen LogP contribution >= 0.6 is 0 Å². The predicted octanol–water partition coefficient (Wildman–Crippen LogP) is 8.66. The summed E-state index contributed by atoms with van der Waals surface area (Å²) >= 11 is 0. The van der Waals surface area contributed by atoms with Gasteiger partial charge in [-0.1, -0.05) is 182 Å². The second-order valence-corrected chi connectivity index (χ2v) is 21.3. The first-order valence-corrected chi connectivity index (χ1v) is 31.2. The molecule has 0 saturated heterocycles. The molecule has 0 fully saturated rings. The minimum absolute atomic E-state index is 0.0183. The van der Waals surface area contributed by atoms with Crippen molar-refractivity contribution in [2.75, 3.05) is 98.7 Å². The van der Waals surface area contributed by atoms with Gasteiger partial charge in [0.25, 0.3) is 0 Å². The molecule has 0 atom stereocenters. The molecule has 0 aromatic heterocycles. The van der Waals surface area contributed by atoms with Crippen LogP contribution in [0.2, 0.25) is 0 Å². The number of unbranched alkanes of at least 4 members (excludes halogenated alkanes) is 24. The molecule has 0 saturated carbocycles. The summed E-state index contributed by atoms with van der Waals surface area (Å²) < 4.78 is 22.0. The molecule has 7 amide bonds. The Bertz CT molecular complexity index is 1380. The smallest absolute Gasteiger partial charge is 0.226 e. The van der Waals surface area contributed by atoms with Gasteiger partial charge in [-0.15, -0.1) is 0 Å². The van der Waals surface area contributed by atoms with Crippen LogP contribution in [0.15, 0.2) is 0 Å². The Morgan fingerprint density at radius 2 is 0.526 bits per heavy atom. The van der Waals surface area contributed by atoms with Crippen LogP contribution in [0, 0.1) is 11.8 Å². The fourth-order valence-corrected chi connectivity index (χ4v) is 8.44. The number of amides is 7. The van der Waals surface area contributed by atoms with E-state index in [1.807, 2.05) is 13.8 Å². The standard InChI is InChI=1S/C60H115N7O11/c1-5-7-9-11-13-15-17-19-21-23-25-27-29-31-54(68)61-37-45-75-41-33-56(70)63-39-47-77-43-35-58(72)65-50-53(60(74)67-49-52(3)4)51-66-59(73)36-44-78-48-40-64-57(71)34-42-76-46-38-62-55(69)32-30-28-26-24-22-20-18-16-14-12-10-8-6-2/h52-53H,5-51H2,1-4H3,(H,61,68)(H,62,69)(H,63,70)(H,64,71)(H,65,72)(H,66,73)(H,67,74). The van der Waals surface area contributed by atoms with Crippen molar-refractivity contribution in [3.05, 3.63) is 0 Å². The van der Waals surface area contributed by atoms with Crippen LogP contribution in [0.5, 0.6) is 0 Å². The van der Waals surface area contributed by atoms with Crippen molar-refractivity contribution in [1.29, 1.82) is 0 Å². The van der Waals surface area contributed by atoms with Crippen molar-refractivity contribution < 1.29 is 52.5 Å². The van der Waals surface area contributed by atoms with E-state index in [0.717, 1.165) is 25.7 Å². The minimum Gasteiger partial charge on any atom is -0.379 e. The zero-order valence-corrected chi connectivity index (χ0v) is 49.9. The topological polar surface area (TPSA) is 241 Å². The van der Waals surface area contributed by atoms with Gasteiger partial charge in [-0.3, -0.25) is 33.6 Å². The lowest BCUT2D eigenvalue weighted by atomic mass is 10.0. The summed E-state index contributed by atoms with van der Waals surface area (Å²) in [6, 6.07) is 0. The van der Waals surface area contributed by atoms with Crippen molar-refractivity contribution in [3.8, 4) is 0 Å². The Morgan fingerprint density at radius 1 is 0.282 bits per heavy atom. The Kier molecular flexibility index (Phi) is 54.9. The summed E-state index contributed by atoms with van der Waals surface area (Å²) in [7, 11) is 0. The van der Waals surface area contributed by atoms with E-state index in [1.54, 1.807) is 0 Å². The van der Waals surface area contributed by atoms with Gasteiger partial charge in [0, 0.05) is 84.3 Å². The summed E-state index contributed by atoms with van der Waals surface area (Å²) in [6.45, 7) is 12.1. The van der Waals surface area contributed by atoms with E-state index >= 15 is 0 Å². The van der Waals surface area contributed by atoms with Crippen LogP contribution in [-0.2, 0) is 52.5 Å². The molecule has 18 nitrogen and oxygen atoms in total. The maximum atomic E-state index is 12.9. The predicted molar refractivity (Wildman–Crippen MR) is 312 cm³/mol. The Hall–Kier alpha value is -3.87. The van der Waals surface area contributed by atoms with Gasteiger partial charge in [-0.05, 0) is 18.8 Å². The van der Waals surface area contributed by atoms with Crippen LogP contribution in [0.4, 0.5) is 0 Å². The second-order valence-electron chi connectivity index (χ2n) is 21.3. The van der Waals surface area contributed by atoms with E-state index in [9.17, 15) is 33.6 Å². The third-order valence-corrected chi connectivity index (χ3v) is 13.3. The first-order valence-electron chi connectivity index (χ1n) is 31.2. The third-order valence-electron chi connectivity index (χ3n) is 13.3. The molecule has 78 heavy (non-hydrogen) atoms. The molecule has 0 aliphatic carbocycles. The van der Waals surface area contributed by atoms with E-state index < -0.39 is 5.92 Å². The van der Waals surface area contributed by atoms with Gasteiger partial charge < -0.3 is 56.2 Å². The van der Waals surface area contributed by atoms with Crippen molar-refractivity contribution in [3.63, 3.8) is 0 Å². The molecule has 0 bridgehead atoms. The van der Waals surface area contributed by atoms with Gasteiger partial charge >= 0.3 is 0 Å². The summed E-state index contributed by atoms with van der Waals surface area (Å²) in [6.07, 6.45) is 34.6. The Labute approximate surface area is 473 Å². The average Bonchev–Trinajstić information content (AvgIpc) is 3.42. The lowest BCUT2D eigenvalue weighted by molar-refractivity contribution is -0.127. The zero-order chi connectivity index (χ0) is 57.2. The highest BCUT2D eigenvalue weighted by Crippen LogP contribution is 2.14. The van der Waals surface area contributed by atoms with Crippen molar-refractivity contribution in [2.24, 2.45) is 11.8 Å². The van der Waals surface area contributed by atoms with Crippen molar-refractivity contribution in [2.45, 2.75) is 233 Å². The molecule has 0 unspecified atom stereocenters. The van der Waals surface area contributed by atoms with E-state index in [2.05, 4.69) is 51.1 Å². The van der Waals surface area contributed by atoms with Gasteiger partial charge in [0.05, 0.1) is 58.8 Å². The highest BCUT2D eigenvalue weighted by Gasteiger charge is 2.21. The molecule has 18 heteroatoms. The average molecular weight is 1110 g/mol. The summed E-state index contributed by atoms with van der Waals surface area (Å²) in [5.74, 6) is -1.71. The highest BCUT2D eigenvalue weighted by molar-refractivity contribution is 5.82. The van der Waals surface area contributed by atoms with Crippen molar-refractivity contribution in [1.82, 2.24) is 37.2 Å². The van der Waals surface area contributed by atoms with E-state index in [1.165, 1.54) is 141 Å². The lowest BCUT2D eigenvalue weighted by Crippen LogP contribution is -2.45. The normalized spacial score (nSPS) is 11.2. The quantitative estimate of drug-likeness (QED) is 0.0284. The molecule has 0 spiro atoms. The van der Waals surface area contributed by atoms with Crippen LogP contribution < -0.4 is 37.2 Å². The number of hydrogen-bond donors (Lipinski definition) is 7. The minimum atomic E-state index is -0.702. The number of carbonyl (C=O) groups excluding carboxylic acids is 7. The van der Waals surface area contributed by atoms with E-state index in [4.69, 9.17) is 18.9 Å². The molecule has 0 aliphatic rings. The molecule has 0 radical (unpaired) electrons. The van der Waals surface area contributed by atoms with Gasteiger partial charge in [0.1, 0.15) is 0 Å². The molecule has 0 heterocycles. The summed E-state index contributed by atoms with van der Waals surface area (Å²) in [5.41, 5.74) is 0. The van der Waals surface area contributed by atoms with E-state index in [-0.39, 0.29) is 139 Å². The molecular formula is C60H115N7O11. The third kappa shape index (κ3) is 55.4. The first kappa shape index (κ1) is 74.1. The van der Waals surface area contributed by atoms with Crippen LogP contribution in [0.3, 0.4) is 0 Å². The van der Waals surface area contributed by atoms with Crippen LogP contribution in [0.25, 0.3) is 0 Å². The molecular weight excluding hydrogens is 995 g/mol. The molecule has 0 rings (SSSR count). The Balaban J connectivity index is 3.93. The molecule has 0 aromatic rings. The van der Waals surface area contributed by atoms with Crippen LogP contribution in [-0.4, -0.2) is 140 Å². The highest BCUT2D eigenvalue weighted by atomic mass is 16.5. The number of carbonyl (C=O) groups is 7. The lowest BCUT2D eigenvalue weighted by Gasteiger charge is -2.19. The zero-order valence-electron chi connectivity index (χ0n) is 49.9. The summed E-state index contributed by atoms with van der Waals surface area (Å²) in [4.78, 5) is 86.7. The van der Waals surface area contributed by atoms with Crippen LogP contribution in [0.1, 0.15) is 233 Å². The number of nitrogens with one attached hydrogen (secondary N) is 7. The maximum Gasteiger partial charge on any atom is 0.226 e. The largest absolute Gasteiger partial charge is 0.379 e. The van der Waals surface area contributed by atoms with Gasteiger partial charge in [-0.25, -0.2) is 0 Å². The fourth-order valence-electron chi connectivity index (χ4n) is 8.44. The Morgan fingerprint density at radius 3 is 0.795 bits per heavy atom. The van der Waals surface area contributed by atoms with Crippen molar-refractivity contribution >= 4 is 41.4 Å². The fraction of sp³-hybridized carbons (Fsp3) is 0.883. The molecule has 0 aliphatic heterocycles. The number of ether oxygens (including phenoxy) is 4. The molecule has 456 valence electrons. The van der Waals surface area contributed by atoms with E-state index in [0.29, 0.717) is 45.7 Å². The van der Waals surface area contributed by atoms with Gasteiger partial charge in [0.2, 0.25) is 41.4 Å². The molecule has 0 aromatic carbocycles. The SMILES string of the molecule is CCCCCCCCCCCCCCCC(=O)NCCOCCC(=O)NCCOCCC(=O)NCC(CNC(=O)CCOCCNC(=O)CCOCCNC(=O)CCCCCCCCCCCCCCC)C(=O)NCC(C)C. The first-order chi connectivity index (χ1) is 38.0. The maximum absolute atomic E-state index is 12.9. The van der Waals surface area contributed by atoms with Gasteiger partial charge in [0.15, 0.2) is 0 Å².